The van der Waals surface area contributed by atoms with Gasteiger partial charge in [-0.25, -0.2) is 4.39 Å². The van der Waals surface area contributed by atoms with Crippen LogP contribution in [0.1, 0.15) is 31.2 Å². The van der Waals surface area contributed by atoms with Crippen molar-refractivity contribution >= 4 is 0 Å². The van der Waals surface area contributed by atoms with Gasteiger partial charge in [-0.2, -0.15) is 0 Å². The summed E-state index contributed by atoms with van der Waals surface area (Å²) < 4.78 is 13.4. The van der Waals surface area contributed by atoms with E-state index in [2.05, 4.69) is 4.90 Å². The minimum absolute atomic E-state index is 0.0951. The summed E-state index contributed by atoms with van der Waals surface area (Å²) in [6.45, 7) is 2.25. The molecule has 3 heteroatoms. The lowest BCUT2D eigenvalue weighted by atomic mass is 10.1. The van der Waals surface area contributed by atoms with Crippen LogP contribution in [0, 0.1) is 5.82 Å². The van der Waals surface area contributed by atoms with Crippen LogP contribution in [0.3, 0.4) is 0 Å². The lowest BCUT2D eigenvalue weighted by Gasteiger charge is -2.23. The molecule has 17 heavy (non-hydrogen) atoms. The molecule has 1 unspecified atom stereocenters. The molecule has 0 amide bonds. The van der Waals surface area contributed by atoms with Crippen molar-refractivity contribution in [2.75, 3.05) is 13.1 Å². The summed E-state index contributed by atoms with van der Waals surface area (Å²) in [5, 5.41) is 0. The first kappa shape index (κ1) is 12.5. The molecule has 2 nitrogen and oxygen atoms in total. The second-order valence-corrected chi connectivity index (χ2v) is 4.79. The highest BCUT2D eigenvalue weighted by atomic mass is 19.1. The van der Waals surface area contributed by atoms with Gasteiger partial charge in [0.1, 0.15) is 5.82 Å². The molecule has 0 radical (unpaired) electrons. The molecule has 0 bridgehead atoms. The fraction of sp³-hybridized carbons (Fsp3) is 0.571. The van der Waals surface area contributed by atoms with Gasteiger partial charge in [0.25, 0.3) is 0 Å². The molecular formula is C14H21FN2. The molecule has 0 aliphatic carbocycles. The zero-order valence-corrected chi connectivity index (χ0v) is 10.2. The van der Waals surface area contributed by atoms with Crippen LogP contribution in [0.25, 0.3) is 0 Å². The van der Waals surface area contributed by atoms with Crippen LogP contribution in [-0.4, -0.2) is 24.2 Å². The molecule has 1 aliphatic heterocycles. The van der Waals surface area contributed by atoms with Gasteiger partial charge in [0.05, 0.1) is 6.17 Å². The third-order valence-electron chi connectivity index (χ3n) is 3.51. The molecule has 0 spiro atoms. The maximum atomic E-state index is 13.4. The van der Waals surface area contributed by atoms with E-state index in [9.17, 15) is 4.39 Å². The van der Waals surface area contributed by atoms with Gasteiger partial charge >= 0.3 is 0 Å². The van der Waals surface area contributed by atoms with Crippen molar-refractivity contribution in [3.05, 3.63) is 35.6 Å². The van der Waals surface area contributed by atoms with Crippen molar-refractivity contribution in [2.24, 2.45) is 5.73 Å². The largest absolute Gasteiger partial charge is 0.316 e. The van der Waals surface area contributed by atoms with Crippen molar-refractivity contribution in [1.82, 2.24) is 4.90 Å². The third-order valence-corrected chi connectivity index (χ3v) is 3.51. The number of halogens is 1. The minimum Gasteiger partial charge on any atom is -0.316 e. The van der Waals surface area contributed by atoms with Crippen LogP contribution in [-0.2, 0) is 6.42 Å². The average Bonchev–Trinajstić information content (AvgIpc) is 2.85. The van der Waals surface area contributed by atoms with Crippen LogP contribution in [0.5, 0.6) is 0 Å². The fourth-order valence-corrected chi connectivity index (χ4v) is 2.46. The van der Waals surface area contributed by atoms with E-state index in [-0.39, 0.29) is 12.0 Å². The molecule has 1 aromatic carbocycles. The van der Waals surface area contributed by atoms with E-state index in [0.29, 0.717) is 0 Å². The van der Waals surface area contributed by atoms with E-state index >= 15 is 0 Å². The lowest BCUT2D eigenvalue weighted by Crippen LogP contribution is -2.39. The highest BCUT2D eigenvalue weighted by Gasteiger charge is 2.17. The molecule has 1 fully saturated rings. The van der Waals surface area contributed by atoms with E-state index in [1.165, 1.54) is 18.9 Å². The molecule has 1 aliphatic rings. The number of nitrogens with zero attached hydrogens (tertiary/aromatic N) is 1. The van der Waals surface area contributed by atoms with Crippen LogP contribution in [0.4, 0.5) is 4.39 Å². The SMILES string of the molecule is NC(CCCc1ccccc1F)N1CCCC1. The van der Waals surface area contributed by atoms with Gasteiger partial charge < -0.3 is 5.73 Å². The first-order valence-corrected chi connectivity index (χ1v) is 6.50. The lowest BCUT2D eigenvalue weighted by molar-refractivity contribution is 0.232. The zero-order chi connectivity index (χ0) is 12.1. The number of likely N-dealkylation sites (tertiary alicyclic amines) is 1. The molecule has 2 rings (SSSR count). The summed E-state index contributed by atoms with van der Waals surface area (Å²) in [6, 6.07) is 7.00. The molecular weight excluding hydrogens is 215 g/mol. The zero-order valence-electron chi connectivity index (χ0n) is 10.2. The first-order chi connectivity index (χ1) is 8.27. The van der Waals surface area contributed by atoms with E-state index in [4.69, 9.17) is 5.73 Å². The second-order valence-electron chi connectivity index (χ2n) is 4.79. The highest BCUT2D eigenvalue weighted by molar-refractivity contribution is 5.17. The highest BCUT2D eigenvalue weighted by Crippen LogP contribution is 2.14. The van der Waals surface area contributed by atoms with E-state index < -0.39 is 0 Å². The standard InChI is InChI=1S/C14H21FN2/c15-13-8-2-1-6-12(13)7-5-9-14(16)17-10-3-4-11-17/h1-2,6,8,14H,3-5,7,9-11,16H2. The third kappa shape index (κ3) is 3.51. The smallest absolute Gasteiger partial charge is 0.126 e. The number of hydrogen-bond acceptors (Lipinski definition) is 2. The number of aryl methyl sites for hydroxylation is 1. The van der Waals surface area contributed by atoms with Gasteiger partial charge in [0.2, 0.25) is 0 Å². The molecule has 1 atom stereocenters. The topological polar surface area (TPSA) is 29.3 Å². The maximum absolute atomic E-state index is 13.4. The first-order valence-electron chi connectivity index (χ1n) is 6.50. The molecule has 1 heterocycles. The summed E-state index contributed by atoms with van der Waals surface area (Å²) in [6.07, 6.45) is 5.38. The Morgan fingerprint density at radius 3 is 2.65 bits per heavy atom. The van der Waals surface area contributed by atoms with Gasteiger partial charge in [0, 0.05) is 0 Å². The molecule has 94 valence electrons. The Bertz CT molecular complexity index is 348. The monoisotopic (exact) mass is 236 g/mol. The van der Waals surface area contributed by atoms with Gasteiger partial charge in [-0.3, -0.25) is 4.90 Å². The summed E-state index contributed by atoms with van der Waals surface area (Å²) in [4.78, 5) is 2.33. The van der Waals surface area contributed by atoms with Crippen LogP contribution >= 0.6 is 0 Å². The van der Waals surface area contributed by atoms with E-state index in [1.54, 1.807) is 6.07 Å². The van der Waals surface area contributed by atoms with Crippen molar-refractivity contribution < 1.29 is 4.39 Å². The number of hydrogen-bond donors (Lipinski definition) is 1. The predicted octanol–water partition coefficient (Wildman–Crippen LogP) is 2.53. The Hall–Kier alpha value is -0.930. The van der Waals surface area contributed by atoms with Crippen LogP contribution in [0.15, 0.2) is 24.3 Å². The Labute approximate surface area is 103 Å². The summed E-state index contributed by atoms with van der Waals surface area (Å²) in [7, 11) is 0. The maximum Gasteiger partial charge on any atom is 0.126 e. The Morgan fingerprint density at radius 2 is 1.94 bits per heavy atom. The normalized spacial score (nSPS) is 18.5. The van der Waals surface area contributed by atoms with Gasteiger partial charge in [-0.15, -0.1) is 0 Å². The Balaban J connectivity index is 1.74. The predicted molar refractivity (Wildman–Crippen MR) is 68.1 cm³/mol. The van der Waals surface area contributed by atoms with Gasteiger partial charge in [-0.05, 0) is 56.8 Å². The number of nitrogens with two attached hydrogens (primary N) is 1. The molecule has 1 aromatic rings. The van der Waals surface area contributed by atoms with E-state index in [1.807, 2.05) is 12.1 Å². The summed E-state index contributed by atoms with van der Waals surface area (Å²) in [5.74, 6) is -0.0951. The average molecular weight is 236 g/mol. The second kappa shape index (κ2) is 6.12. The van der Waals surface area contributed by atoms with Crippen LogP contribution in [0.2, 0.25) is 0 Å². The molecule has 2 N–H and O–H groups in total. The quantitative estimate of drug-likeness (QED) is 0.851. The van der Waals surface area contributed by atoms with Crippen molar-refractivity contribution in [3.8, 4) is 0 Å². The van der Waals surface area contributed by atoms with Crippen molar-refractivity contribution in [3.63, 3.8) is 0 Å². The van der Waals surface area contributed by atoms with Crippen molar-refractivity contribution in [2.45, 2.75) is 38.3 Å². The summed E-state index contributed by atoms with van der Waals surface area (Å²) in [5.41, 5.74) is 6.92. The molecule has 0 aromatic heterocycles. The van der Waals surface area contributed by atoms with Crippen molar-refractivity contribution in [1.29, 1.82) is 0 Å². The van der Waals surface area contributed by atoms with Gasteiger partial charge in [0.15, 0.2) is 0 Å². The molecule has 1 saturated heterocycles. The molecule has 0 saturated carbocycles. The summed E-state index contributed by atoms with van der Waals surface area (Å²) >= 11 is 0. The van der Waals surface area contributed by atoms with Gasteiger partial charge in [-0.1, -0.05) is 18.2 Å². The fourth-order valence-electron chi connectivity index (χ4n) is 2.46. The number of rotatable bonds is 5. The Morgan fingerprint density at radius 1 is 1.24 bits per heavy atom. The van der Waals surface area contributed by atoms with Crippen LogP contribution < -0.4 is 5.73 Å². The number of benzene rings is 1. The van der Waals surface area contributed by atoms with E-state index in [0.717, 1.165) is 37.9 Å². The Kier molecular flexibility index (Phi) is 4.51. The minimum atomic E-state index is -0.0951.